The van der Waals surface area contributed by atoms with E-state index in [9.17, 15) is 21.6 Å². The van der Waals surface area contributed by atoms with Gasteiger partial charge in [-0.1, -0.05) is 0 Å². The molecule has 2 atom stereocenters. The molecule has 0 aliphatic carbocycles. The molecule has 2 rings (SSSR count). The van der Waals surface area contributed by atoms with Crippen LogP contribution in [0.2, 0.25) is 0 Å². The molecule has 152 valence electrons. The Hall–Kier alpha value is -0.590. The van der Waals surface area contributed by atoms with E-state index in [2.05, 4.69) is 0 Å². The van der Waals surface area contributed by atoms with E-state index in [4.69, 9.17) is 0 Å². The fourth-order valence-corrected chi connectivity index (χ4v) is 7.07. The van der Waals surface area contributed by atoms with Crippen molar-refractivity contribution in [1.29, 1.82) is 0 Å². The average molecular weight is 411 g/mol. The second kappa shape index (κ2) is 8.19. The van der Waals surface area contributed by atoms with Crippen LogP contribution in [0.25, 0.3) is 0 Å². The van der Waals surface area contributed by atoms with E-state index in [0.29, 0.717) is 12.8 Å². The maximum Gasteiger partial charge on any atom is 0.163 e. The molecule has 0 amide bonds. The molecule has 2 heterocycles. The van der Waals surface area contributed by atoms with Crippen LogP contribution in [0.3, 0.4) is 0 Å². The normalized spacial score (nSPS) is 27.8. The largest absolute Gasteiger partial charge is 0.297 e. The molecule has 2 aliphatic heterocycles. The lowest BCUT2D eigenvalue weighted by Gasteiger charge is -2.36. The Kier molecular flexibility index (Phi) is 6.84. The molecular weight excluding hydrogens is 380 g/mol. The second-order valence-corrected chi connectivity index (χ2v) is 12.0. The number of Topliss-reactive ketones (excluding diaryl/α,β-unsaturated/α-hetero) is 1. The average Bonchev–Trinajstić information content (AvgIpc) is 3.03. The molecule has 0 unspecified atom stereocenters. The molecule has 9 nitrogen and oxygen atoms in total. The quantitative estimate of drug-likeness (QED) is 0.442. The lowest BCUT2D eigenvalue weighted by molar-refractivity contribution is -0.132. The summed E-state index contributed by atoms with van der Waals surface area (Å²) in [5.74, 6) is 0.369. The van der Waals surface area contributed by atoms with Gasteiger partial charge in [-0.05, 0) is 12.8 Å². The maximum absolute atomic E-state index is 12.7. The van der Waals surface area contributed by atoms with Crippen LogP contribution in [-0.2, 0) is 24.5 Å². The number of rotatable bonds is 8. The van der Waals surface area contributed by atoms with Crippen LogP contribution in [-0.4, -0.2) is 119 Å². The van der Waals surface area contributed by atoms with Crippen molar-refractivity contribution in [2.75, 3.05) is 64.3 Å². The van der Waals surface area contributed by atoms with Crippen molar-refractivity contribution >= 4 is 25.5 Å². The van der Waals surface area contributed by atoms with Crippen molar-refractivity contribution in [1.82, 2.24) is 20.0 Å². The van der Waals surface area contributed by atoms with Crippen LogP contribution < -0.4 is 0 Å². The first kappa shape index (κ1) is 21.7. The van der Waals surface area contributed by atoms with Gasteiger partial charge in [0.25, 0.3) is 0 Å². The molecule has 2 aliphatic rings. The summed E-state index contributed by atoms with van der Waals surface area (Å²) in [6, 6.07) is -0.391. The summed E-state index contributed by atoms with van der Waals surface area (Å²) in [5.41, 5.74) is 0. The first-order valence-corrected chi connectivity index (χ1v) is 12.3. The summed E-state index contributed by atoms with van der Waals surface area (Å²) in [4.78, 5) is 12.7. The summed E-state index contributed by atoms with van der Waals surface area (Å²) < 4.78 is 47.0. The third-order valence-electron chi connectivity index (χ3n) is 4.96. The minimum absolute atomic E-state index is 0.0662. The topological polar surface area (TPSA) is 98.3 Å². The Morgan fingerprint density at radius 3 is 1.35 bits per heavy atom. The maximum atomic E-state index is 12.7. The van der Waals surface area contributed by atoms with Crippen LogP contribution in [0.4, 0.5) is 0 Å². The molecule has 26 heavy (non-hydrogen) atoms. The molecule has 0 radical (unpaired) electrons. The zero-order valence-corrected chi connectivity index (χ0v) is 17.6. The summed E-state index contributed by atoms with van der Waals surface area (Å²) in [6.45, 7) is 0.216. The Labute approximate surface area is 156 Å². The van der Waals surface area contributed by atoms with Gasteiger partial charge in [-0.15, -0.1) is 0 Å². The molecule has 0 aromatic heterocycles. The Morgan fingerprint density at radius 2 is 1.12 bits per heavy atom. The highest BCUT2D eigenvalue weighted by Crippen LogP contribution is 2.20. The Balaban J connectivity index is 2.02. The predicted molar refractivity (Wildman–Crippen MR) is 99.9 cm³/mol. The SMILES string of the molecule is CN(C)N(CC(=O)CN([C@H]1CCS(=O)(=O)C1)N(C)C)[C@@H]1CCS(=O)(=O)C1. The zero-order chi connectivity index (χ0) is 19.7. The summed E-state index contributed by atoms with van der Waals surface area (Å²) in [5, 5.41) is 7.13. The first-order chi connectivity index (χ1) is 11.9. The van der Waals surface area contributed by atoms with E-state index >= 15 is 0 Å². The molecule has 0 spiro atoms. The number of hydrazine groups is 2. The van der Waals surface area contributed by atoms with Crippen molar-refractivity contribution in [3.05, 3.63) is 0 Å². The van der Waals surface area contributed by atoms with Crippen LogP contribution in [0.15, 0.2) is 0 Å². The van der Waals surface area contributed by atoms with Gasteiger partial charge in [-0.3, -0.25) is 4.79 Å². The van der Waals surface area contributed by atoms with Gasteiger partial charge in [0.05, 0.1) is 36.1 Å². The number of hydrogen-bond donors (Lipinski definition) is 0. The molecule has 2 saturated heterocycles. The number of ketones is 1. The zero-order valence-electron chi connectivity index (χ0n) is 16.0. The third kappa shape index (κ3) is 5.70. The van der Waals surface area contributed by atoms with Gasteiger partial charge >= 0.3 is 0 Å². The molecule has 0 bridgehead atoms. The predicted octanol–water partition coefficient (Wildman–Crippen LogP) is -1.51. The molecule has 2 fully saturated rings. The molecule has 0 saturated carbocycles. The van der Waals surface area contributed by atoms with Crippen LogP contribution in [0.5, 0.6) is 0 Å². The molecule has 11 heteroatoms. The molecule has 0 N–H and O–H groups in total. The van der Waals surface area contributed by atoms with E-state index in [1.807, 2.05) is 0 Å². The van der Waals surface area contributed by atoms with Crippen molar-refractivity contribution in [3.8, 4) is 0 Å². The van der Waals surface area contributed by atoms with E-state index in [-0.39, 0.29) is 54.0 Å². The monoisotopic (exact) mass is 410 g/mol. The van der Waals surface area contributed by atoms with E-state index in [1.54, 1.807) is 48.2 Å². The van der Waals surface area contributed by atoms with E-state index in [1.165, 1.54) is 0 Å². The highest BCUT2D eigenvalue weighted by Gasteiger charge is 2.36. The molecule has 0 aromatic carbocycles. The lowest BCUT2D eigenvalue weighted by atomic mass is 10.2. The Bertz CT molecular complexity index is 660. The third-order valence-corrected chi connectivity index (χ3v) is 8.46. The summed E-state index contributed by atoms with van der Waals surface area (Å²) >= 11 is 0. The van der Waals surface area contributed by atoms with Crippen molar-refractivity contribution in [2.24, 2.45) is 0 Å². The van der Waals surface area contributed by atoms with Gasteiger partial charge in [0.2, 0.25) is 0 Å². The highest BCUT2D eigenvalue weighted by atomic mass is 32.2. The van der Waals surface area contributed by atoms with E-state index in [0.717, 1.165) is 0 Å². The van der Waals surface area contributed by atoms with Gasteiger partial charge in [0, 0.05) is 40.3 Å². The van der Waals surface area contributed by atoms with Gasteiger partial charge in [-0.25, -0.2) is 36.9 Å². The molecule has 0 aromatic rings. The molecular formula is C15H30N4O5S2. The van der Waals surface area contributed by atoms with Crippen molar-refractivity contribution in [3.63, 3.8) is 0 Å². The summed E-state index contributed by atoms with van der Waals surface area (Å²) in [6.07, 6.45) is 1.04. The number of nitrogens with zero attached hydrogens (tertiary/aromatic N) is 4. The second-order valence-electron chi connectivity index (χ2n) is 7.54. The van der Waals surface area contributed by atoms with Gasteiger partial charge in [0.1, 0.15) is 0 Å². The van der Waals surface area contributed by atoms with Gasteiger partial charge < -0.3 is 0 Å². The van der Waals surface area contributed by atoms with Crippen LogP contribution >= 0.6 is 0 Å². The van der Waals surface area contributed by atoms with Crippen molar-refractivity contribution < 1.29 is 21.6 Å². The highest BCUT2D eigenvalue weighted by molar-refractivity contribution is 7.91. The number of carbonyl (C=O) groups is 1. The first-order valence-electron chi connectivity index (χ1n) is 8.70. The fourth-order valence-electron chi connectivity index (χ4n) is 3.63. The standard InChI is InChI=1S/C15H30N4O5S2/c1-16(2)18(13-5-7-25(21,22)11-13)9-15(20)10-19(17(3)4)14-6-8-26(23,24)12-14/h13-14H,5-12H2,1-4H3/t13-,14+. The van der Waals surface area contributed by atoms with Crippen molar-refractivity contribution in [2.45, 2.75) is 24.9 Å². The van der Waals surface area contributed by atoms with E-state index < -0.39 is 19.7 Å². The lowest BCUT2D eigenvalue weighted by Crippen LogP contribution is -2.52. The van der Waals surface area contributed by atoms with Gasteiger partial charge in [0.15, 0.2) is 25.5 Å². The van der Waals surface area contributed by atoms with Gasteiger partial charge in [-0.2, -0.15) is 0 Å². The number of sulfone groups is 2. The number of carbonyl (C=O) groups excluding carboxylic acids is 1. The number of hydrogen-bond acceptors (Lipinski definition) is 9. The van der Waals surface area contributed by atoms with Crippen LogP contribution in [0, 0.1) is 0 Å². The fraction of sp³-hybridized carbons (Fsp3) is 0.933. The summed E-state index contributed by atoms with van der Waals surface area (Å²) in [7, 11) is 1.11. The minimum atomic E-state index is -3.04. The minimum Gasteiger partial charge on any atom is -0.297 e. The Morgan fingerprint density at radius 1 is 0.769 bits per heavy atom. The smallest absolute Gasteiger partial charge is 0.163 e. The van der Waals surface area contributed by atoms with Crippen LogP contribution in [0.1, 0.15) is 12.8 Å².